The lowest BCUT2D eigenvalue weighted by molar-refractivity contribution is -0.127. The van der Waals surface area contributed by atoms with Crippen LogP contribution in [-0.4, -0.2) is 29.4 Å². The Balaban J connectivity index is 1.85. The van der Waals surface area contributed by atoms with Gasteiger partial charge in [0.25, 0.3) is 0 Å². The summed E-state index contributed by atoms with van der Waals surface area (Å²) in [4.78, 5) is 26.1. The van der Waals surface area contributed by atoms with E-state index in [-0.39, 0.29) is 11.7 Å². The number of hydrogen-bond donors (Lipinski definition) is 0. The second-order valence-electron chi connectivity index (χ2n) is 5.10. The van der Waals surface area contributed by atoms with E-state index in [9.17, 15) is 9.59 Å². The fourth-order valence-corrected chi connectivity index (χ4v) is 2.83. The normalized spacial score (nSPS) is 10.3. The molecule has 0 bridgehead atoms. The van der Waals surface area contributed by atoms with E-state index >= 15 is 0 Å². The van der Waals surface area contributed by atoms with Crippen molar-refractivity contribution in [1.82, 2.24) is 4.90 Å². The van der Waals surface area contributed by atoms with Crippen LogP contribution in [0.25, 0.3) is 0 Å². The number of hydrogen-bond acceptors (Lipinski definition) is 3. The van der Waals surface area contributed by atoms with E-state index in [0.717, 1.165) is 10.5 Å². The van der Waals surface area contributed by atoms with Crippen LogP contribution >= 0.6 is 11.8 Å². The quantitative estimate of drug-likeness (QED) is 0.603. The van der Waals surface area contributed by atoms with Gasteiger partial charge in [-0.1, -0.05) is 42.5 Å². The highest BCUT2D eigenvalue weighted by Crippen LogP contribution is 2.19. The lowest BCUT2D eigenvalue weighted by Crippen LogP contribution is -2.27. The summed E-state index contributed by atoms with van der Waals surface area (Å²) in [6.07, 6.45) is 0. The van der Waals surface area contributed by atoms with Crippen molar-refractivity contribution in [1.29, 1.82) is 0 Å². The molecule has 0 aliphatic rings. The van der Waals surface area contributed by atoms with E-state index in [1.807, 2.05) is 49.5 Å². The van der Waals surface area contributed by atoms with Crippen molar-refractivity contribution >= 4 is 23.5 Å². The van der Waals surface area contributed by atoms with Gasteiger partial charge in [-0.25, -0.2) is 0 Å². The van der Waals surface area contributed by atoms with E-state index < -0.39 is 0 Å². The van der Waals surface area contributed by atoms with Crippen LogP contribution in [0.3, 0.4) is 0 Å². The smallest absolute Gasteiger partial charge is 0.232 e. The standard InChI is InChI=1S/C18H19NO2S/c1-14(20)16-8-10-17(11-9-16)22-13-18(21)19(2)12-15-6-4-3-5-7-15/h3-11H,12-13H2,1-2H3. The molecule has 22 heavy (non-hydrogen) atoms. The Bertz CT molecular complexity index is 638. The first-order valence-electron chi connectivity index (χ1n) is 7.08. The molecule has 0 aromatic heterocycles. The molecule has 2 aromatic rings. The Kier molecular flexibility index (Phi) is 5.78. The van der Waals surface area contributed by atoms with Gasteiger partial charge in [-0.15, -0.1) is 11.8 Å². The summed E-state index contributed by atoms with van der Waals surface area (Å²) >= 11 is 1.49. The average molecular weight is 313 g/mol. The first kappa shape index (κ1) is 16.3. The monoisotopic (exact) mass is 313 g/mol. The Morgan fingerprint density at radius 2 is 1.64 bits per heavy atom. The van der Waals surface area contributed by atoms with Gasteiger partial charge in [0.1, 0.15) is 0 Å². The van der Waals surface area contributed by atoms with Gasteiger partial charge in [0.2, 0.25) is 5.91 Å². The predicted octanol–water partition coefficient (Wildman–Crippen LogP) is 3.64. The topological polar surface area (TPSA) is 37.4 Å². The summed E-state index contributed by atoms with van der Waals surface area (Å²) in [5.41, 5.74) is 1.81. The summed E-state index contributed by atoms with van der Waals surface area (Å²) in [7, 11) is 1.81. The molecule has 3 nitrogen and oxygen atoms in total. The van der Waals surface area contributed by atoms with Crippen molar-refractivity contribution in [3.63, 3.8) is 0 Å². The Hall–Kier alpha value is -2.07. The molecule has 1 amide bonds. The number of carbonyl (C=O) groups is 2. The molecule has 0 aliphatic heterocycles. The fraction of sp³-hybridized carbons (Fsp3) is 0.222. The number of Topliss-reactive ketones (excluding diaryl/α,β-unsaturated/α-hetero) is 1. The molecule has 0 spiro atoms. The number of carbonyl (C=O) groups excluding carboxylic acids is 2. The maximum absolute atomic E-state index is 12.1. The van der Waals surface area contributed by atoms with Gasteiger partial charge in [-0.3, -0.25) is 9.59 Å². The molecule has 0 radical (unpaired) electrons. The SMILES string of the molecule is CC(=O)c1ccc(SCC(=O)N(C)Cc2ccccc2)cc1. The molecule has 0 atom stereocenters. The van der Waals surface area contributed by atoms with Gasteiger partial charge in [-0.05, 0) is 24.6 Å². The molecule has 4 heteroatoms. The van der Waals surface area contributed by atoms with Gasteiger partial charge in [0.05, 0.1) is 5.75 Å². The summed E-state index contributed by atoms with van der Waals surface area (Å²) < 4.78 is 0. The van der Waals surface area contributed by atoms with E-state index in [1.54, 1.807) is 24.0 Å². The third-order valence-corrected chi connectivity index (χ3v) is 4.31. The lowest BCUT2D eigenvalue weighted by Gasteiger charge is -2.17. The van der Waals surface area contributed by atoms with E-state index in [1.165, 1.54) is 11.8 Å². The van der Waals surface area contributed by atoms with Crippen molar-refractivity contribution in [2.45, 2.75) is 18.4 Å². The molecule has 0 unspecified atom stereocenters. The van der Waals surface area contributed by atoms with Crippen LogP contribution in [-0.2, 0) is 11.3 Å². The van der Waals surface area contributed by atoms with Crippen LogP contribution < -0.4 is 0 Å². The van der Waals surface area contributed by atoms with Crippen LogP contribution in [0.2, 0.25) is 0 Å². The highest BCUT2D eigenvalue weighted by atomic mass is 32.2. The predicted molar refractivity (Wildman–Crippen MR) is 90.1 cm³/mol. The number of rotatable bonds is 6. The molecule has 2 rings (SSSR count). The number of ketones is 1. The minimum absolute atomic E-state index is 0.0511. The van der Waals surface area contributed by atoms with Crippen molar-refractivity contribution in [3.8, 4) is 0 Å². The molecule has 0 N–H and O–H groups in total. The molecule has 114 valence electrons. The number of nitrogens with zero attached hydrogens (tertiary/aromatic N) is 1. The Morgan fingerprint density at radius 3 is 2.23 bits per heavy atom. The summed E-state index contributed by atoms with van der Waals surface area (Å²) in [5, 5.41) is 0. The first-order valence-corrected chi connectivity index (χ1v) is 8.06. The zero-order chi connectivity index (χ0) is 15.9. The minimum Gasteiger partial charge on any atom is -0.341 e. The van der Waals surface area contributed by atoms with E-state index in [2.05, 4.69) is 0 Å². The average Bonchev–Trinajstić information content (AvgIpc) is 2.53. The molecule has 0 fully saturated rings. The van der Waals surface area contributed by atoms with Crippen LogP contribution in [0.1, 0.15) is 22.8 Å². The zero-order valence-corrected chi connectivity index (χ0v) is 13.6. The minimum atomic E-state index is 0.0511. The van der Waals surface area contributed by atoms with Crippen molar-refractivity contribution in [2.75, 3.05) is 12.8 Å². The maximum atomic E-state index is 12.1. The molecule has 0 saturated heterocycles. The van der Waals surface area contributed by atoms with Crippen LogP contribution in [0.4, 0.5) is 0 Å². The molecule has 0 saturated carbocycles. The van der Waals surface area contributed by atoms with E-state index in [4.69, 9.17) is 0 Å². The Labute approximate surface area is 135 Å². The number of amides is 1. The van der Waals surface area contributed by atoms with Gasteiger partial charge in [-0.2, -0.15) is 0 Å². The summed E-state index contributed by atoms with van der Waals surface area (Å²) in [6, 6.07) is 17.3. The lowest BCUT2D eigenvalue weighted by atomic mass is 10.2. The number of thioether (sulfide) groups is 1. The molecule has 0 aliphatic carbocycles. The first-order chi connectivity index (χ1) is 10.6. The third kappa shape index (κ3) is 4.74. The maximum Gasteiger partial charge on any atom is 0.232 e. The molecular formula is C18H19NO2S. The summed E-state index contributed by atoms with van der Waals surface area (Å²) in [6.45, 7) is 2.16. The fourth-order valence-electron chi connectivity index (χ4n) is 1.99. The molecular weight excluding hydrogens is 294 g/mol. The molecule has 0 heterocycles. The van der Waals surface area contributed by atoms with Gasteiger partial charge >= 0.3 is 0 Å². The second-order valence-corrected chi connectivity index (χ2v) is 6.15. The van der Waals surface area contributed by atoms with Crippen molar-refractivity contribution in [2.24, 2.45) is 0 Å². The van der Waals surface area contributed by atoms with Crippen LogP contribution in [0.5, 0.6) is 0 Å². The Morgan fingerprint density at radius 1 is 1.00 bits per heavy atom. The largest absolute Gasteiger partial charge is 0.341 e. The van der Waals surface area contributed by atoms with E-state index in [0.29, 0.717) is 17.9 Å². The zero-order valence-electron chi connectivity index (χ0n) is 12.8. The van der Waals surface area contributed by atoms with Crippen molar-refractivity contribution in [3.05, 3.63) is 65.7 Å². The highest BCUT2D eigenvalue weighted by Gasteiger charge is 2.10. The van der Waals surface area contributed by atoms with Gasteiger partial charge in [0, 0.05) is 24.1 Å². The van der Waals surface area contributed by atoms with Crippen LogP contribution in [0, 0.1) is 0 Å². The second kappa shape index (κ2) is 7.80. The van der Waals surface area contributed by atoms with Crippen molar-refractivity contribution < 1.29 is 9.59 Å². The molecule has 2 aromatic carbocycles. The third-order valence-electron chi connectivity index (χ3n) is 3.31. The highest BCUT2D eigenvalue weighted by molar-refractivity contribution is 8.00. The number of benzene rings is 2. The van der Waals surface area contributed by atoms with Crippen LogP contribution in [0.15, 0.2) is 59.5 Å². The summed E-state index contributed by atoms with van der Waals surface area (Å²) in [5.74, 6) is 0.530. The van der Waals surface area contributed by atoms with Gasteiger partial charge in [0.15, 0.2) is 5.78 Å². The van der Waals surface area contributed by atoms with Gasteiger partial charge < -0.3 is 4.90 Å².